The van der Waals surface area contributed by atoms with Gasteiger partial charge < -0.3 is 32.7 Å². The van der Waals surface area contributed by atoms with Gasteiger partial charge in [0, 0.05) is 5.12 Å². The Hall–Kier alpha value is -0.230. The highest BCUT2D eigenvalue weighted by Crippen LogP contribution is 2.68. The largest absolute Gasteiger partial charge is 0.742 e. The number of carbonyl (C=O) groups is 1. The third kappa shape index (κ3) is 3.97. The van der Waals surface area contributed by atoms with Crippen LogP contribution in [-0.4, -0.2) is 38.7 Å². The van der Waals surface area contributed by atoms with E-state index in [1.54, 1.807) is 0 Å². The van der Waals surface area contributed by atoms with Gasteiger partial charge >= 0.3 is 0 Å². The molecule has 4 aliphatic carbocycles. The maximum absolute atomic E-state index is 11.6. The van der Waals surface area contributed by atoms with Crippen LogP contribution in [0.25, 0.3) is 0 Å². The Balaban J connectivity index is 1.51. The van der Waals surface area contributed by atoms with E-state index in [0.29, 0.717) is 29.6 Å². The fourth-order valence-corrected chi connectivity index (χ4v) is 9.31. The molecule has 4 saturated carbocycles. The predicted octanol–water partition coefficient (Wildman–Crippen LogP) is 4.46. The second kappa shape index (κ2) is 9.09. The van der Waals surface area contributed by atoms with Gasteiger partial charge in [0.1, 0.15) is 0 Å². The van der Waals surface area contributed by atoms with Gasteiger partial charge in [0.25, 0.3) is 0 Å². The molecule has 184 valence electrons. The van der Waals surface area contributed by atoms with Crippen LogP contribution in [0.4, 0.5) is 0 Å². The van der Waals surface area contributed by atoms with Crippen molar-refractivity contribution in [2.45, 2.75) is 110 Å². The lowest BCUT2D eigenvalue weighted by Gasteiger charge is -2.63. The molecule has 0 saturated heterocycles. The van der Waals surface area contributed by atoms with Crippen LogP contribution in [0.1, 0.15) is 91.9 Å². The minimum atomic E-state index is -0.327. The Morgan fingerprint density at radius 1 is 1.00 bits per heavy atom. The van der Waals surface area contributed by atoms with Gasteiger partial charge in [0.15, 0.2) is 0 Å². The minimum Gasteiger partial charge on any atom is -0.742 e. The Bertz CT molecular complexity index is 699. The van der Waals surface area contributed by atoms with Crippen LogP contribution in [0.3, 0.4) is 0 Å². The second-order valence-corrected chi connectivity index (χ2v) is 13.1. The van der Waals surface area contributed by atoms with E-state index in [9.17, 15) is 20.1 Å². The molecule has 4 nitrogen and oxygen atoms in total. The van der Waals surface area contributed by atoms with E-state index >= 15 is 0 Å². The van der Waals surface area contributed by atoms with Crippen molar-refractivity contribution in [3.8, 4) is 0 Å². The SMILES string of the molecule is CC(CCC[C@@H](C)[C@H]1CC[C@H]2[C@@H]3[C@H](O)C[C@@H]4C[C@H](O)CC[C@]4(C)[C@H]3C[C@H](O)[C@]12C)C(=O)[S-]. The lowest BCUT2D eigenvalue weighted by Crippen LogP contribution is -2.62. The van der Waals surface area contributed by atoms with E-state index < -0.39 is 0 Å². The third-order valence-electron chi connectivity index (χ3n) is 11.2. The zero-order valence-corrected chi connectivity index (χ0v) is 21.3. The van der Waals surface area contributed by atoms with Crippen molar-refractivity contribution in [1.82, 2.24) is 0 Å². The summed E-state index contributed by atoms with van der Waals surface area (Å²) < 4.78 is 0. The number of hydrogen-bond acceptors (Lipinski definition) is 5. The van der Waals surface area contributed by atoms with Gasteiger partial charge in [0.2, 0.25) is 0 Å². The monoisotopic (exact) mass is 465 g/mol. The molecule has 0 spiro atoms. The Kier molecular flexibility index (Phi) is 7.07. The van der Waals surface area contributed by atoms with E-state index in [-0.39, 0.29) is 46.1 Å². The number of rotatable bonds is 6. The molecule has 0 aromatic carbocycles. The predicted molar refractivity (Wildman–Crippen MR) is 129 cm³/mol. The van der Waals surface area contributed by atoms with E-state index in [4.69, 9.17) is 12.6 Å². The van der Waals surface area contributed by atoms with Crippen LogP contribution < -0.4 is 0 Å². The zero-order chi connectivity index (χ0) is 23.4. The normalized spacial score (nSPS) is 50.1. The number of fused-ring (bicyclic) bond motifs is 5. The molecule has 32 heavy (non-hydrogen) atoms. The fourth-order valence-electron chi connectivity index (χ4n) is 9.20. The van der Waals surface area contributed by atoms with Crippen molar-refractivity contribution >= 4 is 17.7 Å². The first-order valence-electron chi connectivity index (χ1n) is 13.2. The molecule has 5 heteroatoms. The van der Waals surface area contributed by atoms with Gasteiger partial charge in [-0.1, -0.05) is 40.5 Å². The van der Waals surface area contributed by atoms with E-state index in [1.807, 2.05) is 6.92 Å². The molecule has 4 rings (SSSR count). The highest BCUT2D eigenvalue weighted by atomic mass is 32.1. The lowest BCUT2D eigenvalue weighted by atomic mass is 9.43. The van der Waals surface area contributed by atoms with Crippen LogP contribution in [-0.2, 0) is 17.4 Å². The first-order chi connectivity index (χ1) is 15.0. The minimum absolute atomic E-state index is 0.0368. The van der Waals surface area contributed by atoms with Crippen molar-refractivity contribution in [2.75, 3.05) is 0 Å². The molecular formula is C27H45O4S-. The maximum atomic E-state index is 11.6. The van der Waals surface area contributed by atoms with Crippen LogP contribution in [0.2, 0.25) is 0 Å². The number of hydrogen-bond donors (Lipinski definition) is 3. The molecule has 3 N–H and O–H groups in total. The standard InChI is InChI=1S/C27H46O4S/c1-15(6-5-7-16(2)25(31)32)19-8-9-20-24-21(14-23(30)27(19,20)4)26(3)11-10-18(28)12-17(26)13-22(24)29/h15-24,28-30H,5-14H2,1-4H3,(H,31,32)/p-1/t15-,16?,17+,18-,19-,20+,21+,22-,23+,24+,26+,27-/m1/s1. The van der Waals surface area contributed by atoms with Crippen molar-refractivity contribution in [3.63, 3.8) is 0 Å². The highest BCUT2D eigenvalue weighted by molar-refractivity contribution is 7.77. The maximum Gasteiger partial charge on any atom is 0.0602 e. The number of aliphatic hydroxyl groups excluding tert-OH is 3. The molecule has 4 fully saturated rings. The fraction of sp³-hybridized carbons (Fsp3) is 0.963. The molecule has 4 aliphatic rings. The molecule has 0 aromatic rings. The topological polar surface area (TPSA) is 77.8 Å². The summed E-state index contributed by atoms with van der Waals surface area (Å²) in [4.78, 5) is 11.4. The summed E-state index contributed by atoms with van der Waals surface area (Å²) in [6, 6.07) is 0. The third-order valence-corrected chi connectivity index (χ3v) is 11.6. The molecule has 0 aromatic heterocycles. The summed E-state index contributed by atoms with van der Waals surface area (Å²) in [5.41, 5.74) is -0.0135. The first-order valence-corrected chi connectivity index (χ1v) is 13.7. The van der Waals surface area contributed by atoms with Crippen molar-refractivity contribution in [3.05, 3.63) is 0 Å². The van der Waals surface area contributed by atoms with Crippen LogP contribution in [0.15, 0.2) is 0 Å². The lowest BCUT2D eigenvalue weighted by molar-refractivity contribution is -0.207. The highest BCUT2D eigenvalue weighted by Gasteiger charge is 2.65. The van der Waals surface area contributed by atoms with Crippen molar-refractivity contribution in [1.29, 1.82) is 0 Å². The van der Waals surface area contributed by atoms with Crippen molar-refractivity contribution in [2.24, 2.45) is 52.3 Å². The van der Waals surface area contributed by atoms with E-state index in [0.717, 1.165) is 64.2 Å². The molecule has 0 radical (unpaired) electrons. The number of aliphatic hydroxyl groups is 3. The molecule has 0 heterocycles. The molecular weight excluding hydrogens is 420 g/mol. The molecule has 0 aliphatic heterocycles. The van der Waals surface area contributed by atoms with Gasteiger partial charge in [-0.15, -0.1) is 0 Å². The summed E-state index contributed by atoms with van der Waals surface area (Å²) >= 11 is 4.81. The summed E-state index contributed by atoms with van der Waals surface area (Å²) in [5, 5.41) is 33.1. The average Bonchev–Trinajstić information content (AvgIpc) is 3.08. The Morgan fingerprint density at radius 2 is 1.72 bits per heavy atom. The summed E-state index contributed by atoms with van der Waals surface area (Å²) in [5.74, 6) is 2.28. The van der Waals surface area contributed by atoms with Gasteiger partial charge in [0.05, 0.1) is 18.3 Å². The average molecular weight is 466 g/mol. The van der Waals surface area contributed by atoms with E-state index in [2.05, 4.69) is 20.8 Å². The smallest absolute Gasteiger partial charge is 0.0602 e. The van der Waals surface area contributed by atoms with Crippen LogP contribution in [0.5, 0.6) is 0 Å². The summed E-state index contributed by atoms with van der Waals surface area (Å²) in [6.07, 6.45) is 8.58. The van der Waals surface area contributed by atoms with Gasteiger partial charge in [-0.05, 0) is 104 Å². The second-order valence-electron chi connectivity index (χ2n) is 12.7. The molecule has 0 bridgehead atoms. The zero-order valence-electron chi connectivity index (χ0n) is 20.5. The van der Waals surface area contributed by atoms with E-state index in [1.165, 1.54) is 0 Å². The van der Waals surface area contributed by atoms with Crippen molar-refractivity contribution < 1.29 is 20.1 Å². The Labute approximate surface area is 200 Å². The number of carbonyl (C=O) groups excluding carboxylic acids is 1. The van der Waals surface area contributed by atoms with Gasteiger partial charge in [-0.2, -0.15) is 0 Å². The molecule has 1 unspecified atom stereocenters. The Morgan fingerprint density at radius 3 is 2.41 bits per heavy atom. The molecule has 12 atom stereocenters. The molecule has 0 amide bonds. The van der Waals surface area contributed by atoms with Gasteiger partial charge in [-0.3, -0.25) is 0 Å². The van der Waals surface area contributed by atoms with Crippen LogP contribution in [0, 0.1) is 52.3 Å². The van der Waals surface area contributed by atoms with Gasteiger partial charge in [-0.25, -0.2) is 0 Å². The quantitative estimate of drug-likeness (QED) is 0.505. The van der Waals surface area contributed by atoms with Crippen LogP contribution >= 0.6 is 0 Å². The summed E-state index contributed by atoms with van der Waals surface area (Å²) in [6.45, 7) is 8.96. The summed E-state index contributed by atoms with van der Waals surface area (Å²) in [7, 11) is 0. The first kappa shape index (κ1) is 24.9.